The van der Waals surface area contributed by atoms with Gasteiger partial charge in [-0.3, -0.25) is 4.79 Å². The van der Waals surface area contributed by atoms with E-state index in [-0.39, 0.29) is 5.97 Å². The molecule has 0 N–H and O–H groups in total. The second-order valence-electron chi connectivity index (χ2n) is 3.75. The summed E-state index contributed by atoms with van der Waals surface area (Å²) in [6, 6.07) is 5.74. The van der Waals surface area contributed by atoms with Gasteiger partial charge in [0.05, 0.1) is 6.61 Å². The van der Waals surface area contributed by atoms with E-state index in [0.29, 0.717) is 32.7 Å². The largest absolute Gasteiger partial charge is 0.486 e. The normalized spacial score (nSPS) is 13.2. The van der Waals surface area contributed by atoms with Crippen molar-refractivity contribution in [3.05, 3.63) is 23.8 Å². The molecule has 0 fully saturated rings. The Morgan fingerprint density at radius 2 is 2.18 bits per heavy atom. The maximum absolute atomic E-state index is 11.3. The smallest absolute Gasteiger partial charge is 0.306 e. The first-order valence-corrected chi connectivity index (χ1v) is 5.84. The van der Waals surface area contributed by atoms with E-state index in [9.17, 15) is 4.79 Å². The summed E-state index contributed by atoms with van der Waals surface area (Å²) in [5, 5.41) is 0. The molecular formula is C13H16O4. The minimum Gasteiger partial charge on any atom is -0.486 e. The number of para-hydroxylation sites is 1. The van der Waals surface area contributed by atoms with Gasteiger partial charge in [-0.05, 0) is 25.0 Å². The minimum absolute atomic E-state index is 0.179. The van der Waals surface area contributed by atoms with Crippen molar-refractivity contribution in [1.82, 2.24) is 0 Å². The lowest BCUT2D eigenvalue weighted by atomic mass is 10.1. The lowest BCUT2D eigenvalue weighted by Crippen LogP contribution is -2.16. The lowest BCUT2D eigenvalue weighted by Gasteiger charge is -2.20. The first kappa shape index (κ1) is 11.8. The molecule has 0 unspecified atom stereocenters. The van der Waals surface area contributed by atoms with Gasteiger partial charge in [0.25, 0.3) is 0 Å². The molecule has 1 aromatic carbocycles. The third kappa shape index (κ3) is 2.90. The molecule has 17 heavy (non-hydrogen) atoms. The summed E-state index contributed by atoms with van der Waals surface area (Å²) < 4.78 is 15.9. The Bertz CT molecular complexity index is 400. The molecule has 2 rings (SSSR count). The van der Waals surface area contributed by atoms with Crippen LogP contribution in [0.2, 0.25) is 0 Å². The topological polar surface area (TPSA) is 44.8 Å². The molecule has 0 bridgehead atoms. The molecule has 0 saturated carbocycles. The van der Waals surface area contributed by atoms with E-state index < -0.39 is 0 Å². The summed E-state index contributed by atoms with van der Waals surface area (Å²) in [4.78, 5) is 11.3. The summed E-state index contributed by atoms with van der Waals surface area (Å²) in [6.07, 6.45) is 0.985. The van der Waals surface area contributed by atoms with Crippen LogP contribution in [0.15, 0.2) is 18.2 Å². The Labute approximate surface area is 100 Å². The van der Waals surface area contributed by atoms with Gasteiger partial charge in [0, 0.05) is 6.42 Å². The van der Waals surface area contributed by atoms with Crippen molar-refractivity contribution in [3.63, 3.8) is 0 Å². The van der Waals surface area contributed by atoms with Gasteiger partial charge in [-0.1, -0.05) is 12.1 Å². The highest BCUT2D eigenvalue weighted by Gasteiger charge is 2.16. The van der Waals surface area contributed by atoms with Crippen molar-refractivity contribution >= 4 is 5.97 Å². The molecule has 0 amide bonds. The fourth-order valence-corrected chi connectivity index (χ4v) is 1.80. The number of fused-ring (bicyclic) bond motifs is 1. The Morgan fingerprint density at radius 1 is 1.35 bits per heavy atom. The maximum Gasteiger partial charge on any atom is 0.306 e. The van der Waals surface area contributed by atoms with Crippen molar-refractivity contribution in [1.29, 1.82) is 0 Å². The molecule has 0 radical (unpaired) electrons. The lowest BCUT2D eigenvalue weighted by molar-refractivity contribution is -0.143. The van der Waals surface area contributed by atoms with Crippen molar-refractivity contribution < 1.29 is 19.0 Å². The highest BCUT2D eigenvalue weighted by molar-refractivity contribution is 5.70. The van der Waals surface area contributed by atoms with Gasteiger partial charge in [0.2, 0.25) is 0 Å². The minimum atomic E-state index is -0.179. The molecule has 0 spiro atoms. The predicted molar refractivity (Wildman–Crippen MR) is 62.4 cm³/mol. The summed E-state index contributed by atoms with van der Waals surface area (Å²) in [5.41, 5.74) is 0.996. The van der Waals surface area contributed by atoms with E-state index in [2.05, 4.69) is 0 Å². The Morgan fingerprint density at radius 3 is 3.00 bits per heavy atom. The van der Waals surface area contributed by atoms with Gasteiger partial charge in [0.1, 0.15) is 13.2 Å². The third-order valence-corrected chi connectivity index (χ3v) is 2.55. The molecule has 0 saturated heterocycles. The van der Waals surface area contributed by atoms with Gasteiger partial charge in [-0.15, -0.1) is 0 Å². The summed E-state index contributed by atoms with van der Waals surface area (Å²) in [7, 11) is 0. The molecule has 0 aromatic heterocycles. The first-order chi connectivity index (χ1) is 8.31. The van der Waals surface area contributed by atoms with Crippen molar-refractivity contribution in [2.45, 2.75) is 19.8 Å². The van der Waals surface area contributed by atoms with Crippen LogP contribution in [0.25, 0.3) is 0 Å². The zero-order valence-corrected chi connectivity index (χ0v) is 9.90. The van der Waals surface area contributed by atoms with E-state index in [4.69, 9.17) is 14.2 Å². The van der Waals surface area contributed by atoms with Crippen LogP contribution in [0.1, 0.15) is 18.9 Å². The Kier molecular flexibility index (Phi) is 3.85. The van der Waals surface area contributed by atoms with Crippen LogP contribution < -0.4 is 9.47 Å². The van der Waals surface area contributed by atoms with Crippen LogP contribution in [0.4, 0.5) is 0 Å². The molecule has 1 aliphatic heterocycles. The van der Waals surface area contributed by atoms with E-state index in [1.807, 2.05) is 18.2 Å². The van der Waals surface area contributed by atoms with Crippen LogP contribution in [0.3, 0.4) is 0 Å². The molecule has 4 heteroatoms. The van der Waals surface area contributed by atoms with Crippen LogP contribution in [-0.4, -0.2) is 25.8 Å². The number of carbonyl (C=O) groups is 1. The monoisotopic (exact) mass is 236 g/mol. The molecule has 4 nitrogen and oxygen atoms in total. The number of hydrogen-bond donors (Lipinski definition) is 0. The van der Waals surface area contributed by atoms with Crippen molar-refractivity contribution in [2.24, 2.45) is 0 Å². The summed E-state index contributed by atoms with van der Waals surface area (Å²) >= 11 is 0. The molecule has 1 aromatic rings. The van der Waals surface area contributed by atoms with E-state index in [1.165, 1.54) is 0 Å². The number of carbonyl (C=O) groups excluding carboxylic acids is 1. The first-order valence-electron chi connectivity index (χ1n) is 5.84. The standard InChI is InChI=1S/C13H16O4/c1-2-15-12(14)7-6-10-4-3-5-11-13(10)17-9-8-16-11/h3-5H,2,6-9H2,1H3. The third-order valence-electron chi connectivity index (χ3n) is 2.55. The molecular weight excluding hydrogens is 220 g/mol. The quantitative estimate of drug-likeness (QED) is 0.749. The second kappa shape index (κ2) is 5.57. The van der Waals surface area contributed by atoms with Gasteiger partial charge in [-0.25, -0.2) is 0 Å². The molecule has 1 aliphatic rings. The van der Waals surface area contributed by atoms with Crippen molar-refractivity contribution in [2.75, 3.05) is 19.8 Å². The van der Waals surface area contributed by atoms with E-state index in [1.54, 1.807) is 6.92 Å². The van der Waals surface area contributed by atoms with E-state index in [0.717, 1.165) is 17.1 Å². The molecule has 0 atom stereocenters. The molecule has 0 aliphatic carbocycles. The Hall–Kier alpha value is -1.71. The zero-order chi connectivity index (χ0) is 12.1. The van der Waals surface area contributed by atoms with Crippen molar-refractivity contribution in [3.8, 4) is 11.5 Å². The maximum atomic E-state index is 11.3. The zero-order valence-electron chi connectivity index (χ0n) is 9.90. The average molecular weight is 236 g/mol. The predicted octanol–water partition coefficient (Wildman–Crippen LogP) is 1.95. The number of hydrogen-bond acceptors (Lipinski definition) is 4. The van der Waals surface area contributed by atoms with Crippen LogP contribution in [0.5, 0.6) is 11.5 Å². The molecule has 92 valence electrons. The molecule has 1 heterocycles. The highest BCUT2D eigenvalue weighted by Crippen LogP contribution is 2.34. The number of rotatable bonds is 4. The second-order valence-corrected chi connectivity index (χ2v) is 3.75. The van der Waals surface area contributed by atoms with Gasteiger partial charge < -0.3 is 14.2 Å². The van der Waals surface area contributed by atoms with Crippen LogP contribution >= 0.6 is 0 Å². The number of benzene rings is 1. The Balaban J connectivity index is 2.03. The highest BCUT2D eigenvalue weighted by atomic mass is 16.6. The fraction of sp³-hybridized carbons (Fsp3) is 0.462. The SMILES string of the molecule is CCOC(=O)CCc1cccc2c1OCCO2. The van der Waals surface area contributed by atoms with Gasteiger partial charge in [-0.2, -0.15) is 0 Å². The average Bonchev–Trinajstić information content (AvgIpc) is 2.36. The van der Waals surface area contributed by atoms with Crippen LogP contribution in [0, 0.1) is 0 Å². The van der Waals surface area contributed by atoms with Crippen LogP contribution in [-0.2, 0) is 16.0 Å². The van der Waals surface area contributed by atoms with Gasteiger partial charge in [0.15, 0.2) is 11.5 Å². The fourth-order valence-electron chi connectivity index (χ4n) is 1.80. The van der Waals surface area contributed by atoms with Gasteiger partial charge >= 0.3 is 5.97 Å². The number of esters is 1. The number of ether oxygens (including phenoxy) is 3. The summed E-state index contributed by atoms with van der Waals surface area (Å²) in [6.45, 7) is 3.36. The summed E-state index contributed by atoms with van der Waals surface area (Å²) in [5.74, 6) is 1.35. The van der Waals surface area contributed by atoms with E-state index >= 15 is 0 Å². The number of aryl methyl sites for hydroxylation is 1.